The molecule has 0 aliphatic carbocycles. The predicted octanol–water partition coefficient (Wildman–Crippen LogP) is 2.12. The first-order chi connectivity index (χ1) is 8.75. The fourth-order valence-corrected chi connectivity index (χ4v) is 3.01. The van der Waals surface area contributed by atoms with E-state index < -0.39 is 0 Å². The van der Waals surface area contributed by atoms with Crippen LogP contribution >= 0.6 is 11.8 Å². The second-order valence-corrected chi connectivity index (χ2v) is 5.95. The Balaban J connectivity index is 1.63. The monoisotopic (exact) mass is 266 g/mol. The minimum atomic E-state index is 0.405. The van der Waals surface area contributed by atoms with Crippen LogP contribution in [0, 0.1) is 0 Å². The van der Waals surface area contributed by atoms with E-state index in [0.717, 1.165) is 10.6 Å². The minimum Gasteiger partial charge on any atom is -0.507 e. The third-order valence-corrected chi connectivity index (χ3v) is 4.49. The highest BCUT2D eigenvalue weighted by atomic mass is 32.2. The van der Waals surface area contributed by atoms with Crippen molar-refractivity contribution in [2.75, 3.05) is 45.5 Å². The Bertz CT molecular complexity index is 365. The van der Waals surface area contributed by atoms with Crippen LogP contribution in [0.4, 0.5) is 0 Å². The summed E-state index contributed by atoms with van der Waals surface area (Å²) in [6.45, 7) is 5.93. The van der Waals surface area contributed by atoms with E-state index in [-0.39, 0.29) is 0 Å². The van der Waals surface area contributed by atoms with Crippen molar-refractivity contribution in [2.45, 2.75) is 11.3 Å². The number of benzene rings is 1. The summed E-state index contributed by atoms with van der Waals surface area (Å²) in [6.07, 6.45) is 1.18. The van der Waals surface area contributed by atoms with Crippen molar-refractivity contribution in [1.82, 2.24) is 9.80 Å². The van der Waals surface area contributed by atoms with Crippen molar-refractivity contribution in [3.05, 3.63) is 24.3 Å². The number of nitrogens with zero attached hydrogens (tertiary/aromatic N) is 2. The number of hydrogen-bond donors (Lipinski definition) is 1. The number of aromatic hydroxyl groups is 1. The highest BCUT2D eigenvalue weighted by molar-refractivity contribution is 7.99. The molecular formula is C14H22N2OS. The largest absolute Gasteiger partial charge is 0.507 e. The maximum absolute atomic E-state index is 9.65. The molecule has 0 saturated carbocycles. The summed E-state index contributed by atoms with van der Waals surface area (Å²) in [7, 11) is 2.19. The van der Waals surface area contributed by atoms with E-state index in [1.165, 1.54) is 39.1 Å². The van der Waals surface area contributed by atoms with Gasteiger partial charge < -0.3 is 14.9 Å². The van der Waals surface area contributed by atoms with Crippen molar-refractivity contribution in [2.24, 2.45) is 0 Å². The number of rotatable bonds is 5. The highest BCUT2D eigenvalue weighted by Crippen LogP contribution is 2.27. The molecule has 0 atom stereocenters. The number of thioether (sulfide) groups is 1. The van der Waals surface area contributed by atoms with E-state index in [4.69, 9.17) is 0 Å². The van der Waals surface area contributed by atoms with Crippen LogP contribution in [0.25, 0.3) is 0 Å². The summed E-state index contributed by atoms with van der Waals surface area (Å²) >= 11 is 1.75. The number of likely N-dealkylation sites (N-methyl/N-ethyl adjacent to an activating group) is 1. The molecule has 0 aromatic heterocycles. The second-order valence-electron chi connectivity index (χ2n) is 4.81. The fourth-order valence-electron chi connectivity index (χ4n) is 2.12. The summed E-state index contributed by atoms with van der Waals surface area (Å²) < 4.78 is 0. The molecule has 1 fully saturated rings. The molecule has 1 aliphatic rings. The molecule has 3 nitrogen and oxygen atoms in total. The van der Waals surface area contributed by atoms with Crippen LogP contribution in [-0.2, 0) is 0 Å². The molecule has 4 heteroatoms. The van der Waals surface area contributed by atoms with Crippen LogP contribution in [0.2, 0.25) is 0 Å². The van der Waals surface area contributed by atoms with Crippen LogP contribution in [-0.4, -0.2) is 60.4 Å². The summed E-state index contributed by atoms with van der Waals surface area (Å²) in [5.41, 5.74) is 0. The normalized spacial score (nSPS) is 18.1. The smallest absolute Gasteiger partial charge is 0.129 e. The van der Waals surface area contributed by atoms with Crippen molar-refractivity contribution in [1.29, 1.82) is 0 Å². The lowest BCUT2D eigenvalue weighted by Gasteiger charge is -2.32. The third-order valence-electron chi connectivity index (χ3n) is 3.34. The summed E-state index contributed by atoms with van der Waals surface area (Å²) in [5.74, 6) is 1.48. The molecule has 0 radical (unpaired) electrons. The lowest BCUT2D eigenvalue weighted by atomic mass is 10.3. The first kappa shape index (κ1) is 13.7. The van der Waals surface area contributed by atoms with Gasteiger partial charge >= 0.3 is 0 Å². The number of phenols is 1. The van der Waals surface area contributed by atoms with Gasteiger partial charge in [-0.1, -0.05) is 12.1 Å². The Morgan fingerprint density at radius 3 is 2.61 bits per heavy atom. The Morgan fingerprint density at radius 1 is 1.17 bits per heavy atom. The number of phenolic OH excluding ortho intramolecular Hbond substituents is 1. The number of hydrogen-bond acceptors (Lipinski definition) is 4. The van der Waals surface area contributed by atoms with Crippen LogP contribution in [0.15, 0.2) is 29.2 Å². The van der Waals surface area contributed by atoms with Gasteiger partial charge in [0.2, 0.25) is 0 Å². The Morgan fingerprint density at radius 2 is 1.89 bits per heavy atom. The molecular weight excluding hydrogens is 244 g/mol. The van der Waals surface area contributed by atoms with Gasteiger partial charge in [0.05, 0.1) is 0 Å². The number of para-hydroxylation sites is 1. The van der Waals surface area contributed by atoms with Crippen molar-refractivity contribution in [3.8, 4) is 5.75 Å². The van der Waals surface area contributed by atoms with Crippen molar-refractivity contribution < 1.29 is 5.11 Å². The molecule has 0 unspecified atom stereocenters. The van der Waals surface area contributed by atoms with E-state index in [9.17, 15) is 5.11 Å². The Labute approximate surface area is 114 Å². The van der Waals surface area contributed by atoms with Gasteiger partial charge in [0, 0.05) is 31.1 Å². The SMILES string of the molecule is CN1CCN(CCCSc2ccccc2O)CC1. The average Bonchev–Trinajstić information content (AvgIpc) is 2.39. The molecule has 18 heavy (non-hydrogen) atoms. The van der Waals surface area contributed by atoms with E-state index in [1.807, 2.05) is 18.2 Å². The van der Waals surface area contributed by atoms with E-state index in [2.05, 4.69) is 16.8 Å². The standard InChI is InChI=1S/C14H22N2OS/c1-15-8-10-16(11-9-15)7-4-12-18-14-6-3-2-5-13(14)17/h2-3,5-6,17H,4,7-12H2,1H3. The van der Waals surface area contributed by atoms with Gasteiger partial charge in [0.25, 0.3) is 0 Å². The van der Waals surface area contributed by atoms with E-state index in [1.54, 1.807) is 17.8 Å². The van der Waals surface area contributed by atoms with E-state index in [0.29, 0.717) is 5.75 Å². The molecule has 1 heterocycles. The Hall–Kier alpha value is -0.710. The van der Waals surface area contributed by atoms with Gasteiger partial charge in [-0.3, -0.25) is 0 Å². The van der Waals surface area contributed by atoms with Crippen LogP contribution < -0.4 is 0 Å². The maximum atomic E-state index is 9.65. The maximum Gasteiger partial charge on any atom is 0.129 e. The molecule has 1 N–H and O–H groups in total. The lowest BCUT2D eigenvalue weighted by Crippen LogP contribution is -2.44. The molecule has 100 valence electrons. The highest BCUT2D eigenvalue weighted by Gasteiger charge is 2.12. The molecule has 1 aliphatic heterocycles. The summed E-state index contributed by atoms with van der Waals surface area (Å²) in [6, 6.07) is 7.57. The van der Waals surface area contributed by atoms with Crippen LogP contribution in [0.3, 0.4) is 0 Å². The average molecular weight is 266 g/mol. The molecule has 0 amide bonds. The van der Waals surface area contributed by atoms with Gasteiger partial charge in [0.15, 0.2) is 0 Å². The molecule has 0 bridgehead atoms. The van der Waals surface area contributed by atoms with Gasteiger partial charge in [0.1, 0.15) is 5.75 Å². The topological polar surface area (TPSA) is 26.7 Å². The minimum absolute atomic E-state index is 0.405. The zero-order valence-electron chi connectivity index (χ0n) is 11.0. The quantitative estimate of drug-likeness (QED) is 0.652. The van der Waals surface area contributed by atoms with Gasteiger partial charge in [-0.25, -0.2) is 0 Å². The van der Waals surface area contributed by atoms with Gasteiger partial charge in [-0.15, -0.1) is 11.8 Å². The van der Waals surface area contributed by atoms with Crippen molar-refractivity contribution in [3.63, 3.8) is 0 Å². The first-order valence-corrected chi connectivity index (χ1v) is 7.56. The van der Waals surface area contributed by atoms with Crippen LogP contribution in [0.5, 0.6) is 5.75 Å². The summed E-state index contributed by atoms with van der Waals surface area (Å²) in [4.78, 5) is 5.91. The molecule has 1 aromatic rings. The Kier molecular flexibility index (Phi) is 5.35. The zero-order chi connectivity index (χ0) is 12.8. The fraction of sp³-hybridized carbons (Fsp3) is 0.571. The molecule has 0 spiro atoms. The van der Waals surface area contributed by atoms with E-state index >= 15 is 0 Å². The molecule has 2 rings (SSSR count). The third kappa shape index (κ3) is 4.19. The summed E-state index contributed by atoms with van der Waals surface area (Å²) in [5, 5.41) is 9.65. The molecule has 1 saturated heterocycles. The van der Waals surface area contributed by atoms with Crippen LogP contribution in [0.1, 0.15) is 6.42 Å². The predicted molar refractivity (Wildman–Crippen MR) is 77.4 cm³/mol. The first-order valence-electron chi connectivity index (χ1n) is 6.57. The number of piperazine rings is 1. The van der Waals surface area contributed by atoms with Gasteiger partial charge in [-0.05, 0) is 37.9 Å². The van der Waals surface area contributed by atoms with Gasteiger partial charge in [-0.2, -0.15) is 0 Å². The lowest BCUT2D eigenvalue weighted by molar-refractivity contribution is 0.154. The zero-order valence-corrected chi connectivity index (χ0v) is 11.8. The second kappa shape index (κ2) is 7.02. The van der Waals surface area contributed by atoms with Crippen molar-refractivity contribution >= 4 is 11.8 Å². The molecule has 1 aromatic carbocycles.